The highest BCUT2D eigenvalue weighted by Crippen LogP contribution is 2.26. The van der Waals surface area contributed by atoms with Crippen LogP contribution in [-0.4, -0.2) is 23.5 Å². The van der Waals surface area contributed by atoms with E-state index in [0.29, 0.717) is 0 Å². The molecular weight excluding hydrogens is 194 g/mol. The Kier molecular flexibility index (Phi) is 6.41. The predicted octanol–water partition coefficient (Wildman–Crippen LogP) is 4.47. The second-order valence-corrected chi connectivity index (χ2v) is 6.02. The van der Waals surface area contributed by atoms with E-state index < -0.39 is 0 Å². The number of nitrogens with zero attached hydrogens (tertiary/aromatic N) is 1. The Bertz CT molecular complexity index is 170. The first-order valence-corrected chi connectivity index (χ1v) is 7.40. The molecule has 1 fully saturated rings. The van der Waals surface area contributed by atoms with E-state index >= 15 is 0 Å². The van der Waals surface area contributed by atoms with Gasteiger partial charge in [-0.1, -0.05) is 46.5 Å². The Labute approximate surface area is 103 Å². The van der Waals surface area contributed by atoms with E-state index in [9.17, 15) is 0 Å². The monoisotopic (exact) mass is 225 g/mol. The standard InChI is InChI=1S/C15H31N/c1-5-9-14(4)16(12-13(2)3)15-10-7-6-8-11-15/h13-15H,5-12H2,1-4H3. The zero-order chi connectivity index (χ0) is 12.0. The van der Waals surface area contributed by atoms with Crippen LogP contribution >= 0.6 is 0 Å². The van der Waals surface area contributed by atoms with Crippen molar-refractivity contribution in [3.05, 3.63) is 0 Å². The first kappa shape index (κ1) is 14.0. The Morgan fingerprint density at radius 2 is 1.69 bits per heavy atom. The number of hydrogen-bond acceptors (Lipinski definition) is 1. The summed E-state index contributed by atoms with van der Waals surface area (Å²) in [6, 6.07) is 1.67. The average molecular weight is 225 g/mol. The van der Waals surface area contributed by atoms with Crippen LogP contribution in [0.2, 0.25) is 0 Å². The van der Waals surface area contributed by atoms with Gasteiger partial charge in [0.25, 0.3) is 0 Å². The molecule has 1 aliphatic rings. The van der Waals surface area contributed by atoms with Gasteiger partial charge in [-0.25, -0.2) is 0 Å². The van der Waals surface area contributed by atoms with E-state index in [-0.39, 0.29) is 0 Å². The molecule has 0 aromatic heterocycles. The van der Waals surface area contributed by atoms with Crippen molar-refractivity contribution >= 4 is 0 Å². The molecule has 1 aliphatic carbocycles. The summed E-state index contributed by atoms with van der Waals surface area (Å²) in [7, 11) is 0. The summed E-state index contributed by atoms with van der Waals surface area (Å²) in [5.74, 6) is 0.807. The summed E-state index contributed by atoms with van der Waals surface area (Å²) in [6.45, 7) is 10.8. The normalized spacial score (nSPS) is 20.6. The second-order valence-electron chi connectivity index (χ2n) is 6.02. The van der Waals surface area contributed by atoms with E-state index in [1.54, 1.807) is 0 Å². The fraction of sp³-hybridized carbons (Fsp3) is 1.00. The fourth-order valence-corrected chi connectivity index (χ4v) is 3.11. The van der Waals surface area contributed by atoms with Gasteiger partial charge in [0.15, 0.2) is 0 Å². The van der Waals surface area contributed by atoms with Gasteiger partial charge in [-0.2, -0.15) is 0 Å². The molecule has 0 aromatic carbocycles. The maximum atomic E-state index is 2.81. The van der Waals surface area contributed by atoms with Crippen LogP contribution in [0.5, 0.6) is 0 Å². The maximum absolute atomic E-state index is 2.81. The molecular formula is C15H31N. The fourth-order valence-electron chi connectivity index (χ4n) is 3.11. The molecule has 1 atom stereocenters. The highest BCUT2D eigenvalue weighted by atomic mass is 15.2. The summed E-state index contributed by atoms with van der Waals surface area (Å²) in [5.41, 5.74) is 0. The van der Waals surface area contributed by atoms with Gasteiger partial charge >= 0.3 is 0 Å². The summed E-state index contributed by atoms with van der Waals surface area (Å²) >= 11 is 0. The zero-order valence-corrected chi connectivity index (χ0v) is 11.8. The first-order chi connectivity index (χ1) is 7.65. The molecule has 0 aliphatic heterocycles. The minimum atomic E-state index is 0.787. The van der Waals surface area contributed by atoms with Crippen molar-refractivity contribution in [3.8, 4) is 0 Å². The van der Waals surface area contributed by atoms with Gasteiger partial charge < -0.3 is 0 Å². The van der Waals surface area contributed by atoms with Gasteiger partial charge in [-0.15, -0.1) is 0 Å². The molecule has 0 N–H and O–H groups in total. The predicted molar refractivity (Wildman–Crippen MR) is 72.8 cm³/mol. The van der Waals surface area contributed by atoms with Crippen LogP contribution in [0.15, 0.2) is 0 Å². The third kappa shape index (κ3) is 4.45. The molecule has 1 unspecified atom stereocenters. The van der Waals surface area contributed by atoms with Gasteiger partial charge in [0.1, 0.15) is 0 Å². The van der Waals surface area contributed by atoms with Gasteiger partial charge in [0.2, 0.25) is 0 Å². The van der Waals surface area contributed by atoms with E-state index in [2.05, 4.69) is 32.6 Å². The lowest BCUT2D eigenvalue weighted by Gasteiger charge is -2.39. The van der Waals surface area contributed by atoms with E-state index in [0.717, 1.165) is 18.0 Å². The van der Waals surface area contributed by atoms with E-state index in [1.165, 1.54) is 51.5 Å². The molecule has 16 heavy (non-hydrogen) atoms. The molecule has 96 valence electrons. The first-order valence-electron chi connectivity index (χ1n) is 7.40. The Morgan fingerprint density at radius 1 is 1.06 bits per heavy atom. The van der Waals surface area contributed by atoms with Crippen LogP contribution in [0.1, 0.15) is 72.6 Å². The van der Waals surface area contributed by atoms with Crippen molar-refractivity contribution in [3.63, 3.8) is 0 Å². The van der Waals surface area contributed by atoms with Crippen molar-refractivity contribution < 1.29 is 0 Å². The zero-order valence-electron chi connectivity index (χ0n) is 11.8. The molecule has 0 saturated heterocycles. The van der Waals surface area contributed by atoms with Gasteiger partial charge in [0, 0.05) is 18.6 Å². The SMILES string of the molecule is CCCC(C)N(CC(C)C)C1CCCCC1. The smallest absolute Gasteiger partial charge is 0.00981 e. The lowest BCUT2D eigenvalue weighted by atomic mass is 9.92. The quantitative estimate of drug-likeness (QED) is 0.645. The Hall–Kier alpha value is -0.0400. The van der Waals surface area contributed by atoms with Crippen LogP contribution in [0.25, 0.3) is 0 Å². The Morgan fingerprint density at radius 3 is 2.19 bits per heavy atom. The van der Waals surface area contributed by atoms with Gasteiger partial charge in [-0.3, -0.25) is 4.90 Å². The topological polar surface area (TPSA) is 3.24 Å². The number of rotatable bonds is 6. The van der Waals surface area contributed by atoms with E-state index in [1.807, 2.05) is 0 Å². The highest BCUT2D eigenvalue weighted by molar-refractivity contribution is 4.80. The Balaban J connectivity index is 2.53. The molecule has 0 heterocycles. The van der Waals surface area contributed by atoms with Crippen molar-refractivity contribution in [2.45, 2.75) is 84.7 Å². The van der Waals surface area contributed by atoms with Crippen molar-refractivity contribution in [1.29, 1.82) is 0 Å². The molecule has 1 nitrogen and oxygen atoms in total. The lowest BCUT2D eigenvalue weighted by molar-refractivity contribution is 0.0928. The summed E-state index contributed by atoms with van der Waals surface area (Å²) in [6.07, 6.45) is 9.96. The highest BCUT2D eigenvalue weighted by Gasteiger charge is 2.25. The maximum Gasteiger partial charge on any atom is 0.00981 e. The third-order valence-corrected chi connectivity index (χ3v) is 3.89. The molecule has 1 heteroatoms. The summed E-state index contributed by atoms with van der Waals surface area (Å²) in [5, 5.41) is 0. The summed E-state index contributed by atoms with van der Waals surface area (Å²) < 4.78 is 0. The van der Waals surface area contributed by atoms with Gasteiger partial charge in [-0.05, 0) is 32.1 Å². The van der Waals surface area contributed by atoms with Crippen LogP contribution in [0.4, 0.5) is 0 Å². The second kappa shape index (κ2) is 7.32. The minimum Gasteiger partial charge on any atom is -0.297 e. The van der Waals surface area contributed by atoms with E-state index in [4.69, 9.17) is 0 Å². The van der Waals surface area contributed by atoms with Crippen LogP contribution in [0, 0.1) is 5.92 Å². The average Bonchev–Trinajstić information content (AvgIpc) is 2.27. The molecule has 0 aromatic rings. The van der Waals surface area contributed by atoms with Crippen LogP contribution in [-0.2, 0) is 0 Å². The van der Waals surface area contributed by atoms with Crippen LogP contribution < -0.4 is 0 Å². The largest absolute Gasteiger partial charge is 0.297 e. The van der Waals surface area contributed by atoms with Gasteiger partial charge in [0.05, 0.1) is 0 Å². The third-order valence-electron chi connectivity index (χ3n) is 3.89. The summed E-state index contributed by atoms with van der Waals surface area (Å²) in [4.78, 5) is 2.81. The van der Waals surface area contributed by atoms with Crippen molar-refractivity contribution in [1.82, 2.24) is 4.90 Å². The molecule has 0 radical (unpaired) electrons. The molecule has 0 amide bonds. The minimum absolute atomic E-state index is 0.787. The number of hydrogen-bond donors (Lipinski definition) is 0. The molecule has 0 spiro atoms. The lowest BCUT2D eigenvalue weighted by Crippen LogP contribution is -2.44. The van der Waals surface area contributed by atoms with Crippen molar-refractivity contribution in [2.24, 2.45) is 5.92 Å². The molecule has 0 bridgehead atoms. The molecule has 1 saturated carbocycles. The molecule has 1 rings (SSSR count). The van der Waals surface area contributed by atoms with Crippen LogP contribution in [0.3, 0.4) is 0 Å². The van der Waals surface area contributed by atoms with Crippen molar-refractivity contribution in [2.75, 3.05) is 6.54 Å².